The largest absolute Gasteiger partial charge is 0.332 e. The first-order chi connectivity index (χ1) is 8.81. The zero-order valence-corrected chi connectivity index (χ0v) is 12.7. The molecule has 1 amide bonds. The molecule has 1 aromatic carbocycles. The van der Waals surface area contributed by atoms with Gasteiger partial charge in [-0.15, -0.1) is 0 Å². The van der Waals surface area contributed by atoms with E-state index >= 15 is 0 Å². The topological polar surface area (TPSA) is 46.3 Å². The summed E-state index contributed by atoms with van der Waals surface area (Å²) in [6.45, 7) is 4.46. The predicted octanol–water partition coefficient (Wildman–Crippen LogP) is 2.93. The summed E-state index contributed by atoms with van der Waals surface area (Å²) in [6, 6.07) is 4.37. The molecular weight excluding hydrogens is 311 g/mol. The van der Waals surface area contributed by atoms with Gasteiger partial charge in [0.2, 0.25) is 0 Å². The van der Waals surface area contributed by atoms with E-state index in [1.54, 1.807) is 11.0 Å². The number of nitrogens with two attached hydrogens (primary N) is 1. The van der Waals surface area contributed by atoms with Crippen LogP contribution >= 0.6 is 15.9 Å². The molecule has 1 saturated heterocycles. The van der Waals surface area contributed by atoms with Gasteiger partial charge in [0.15, 0.2) is 0 Å². The lowest BCUT2D eigenvalue weighted by Crippen LogP contribution is -2.56. The Bertz CT molecular complexity index is 504. The van der Waals surface area contributed by atoms with Crippen LogP contribution in [-0.2, 0) is 0 Å². The van der Waals surface area contributed by atoms with Gasteiger partial charge in [0.05, 0.1) is 5.56 Å². The molecule has 2 rings (SSSR count). The van der Waals surface area contributed by atoms with Crippen molar-refractivity contribution in [3.8, 4) is 0 Å². The minimum atomic E-state index is -0.497. The van der Waals surface area contributed by atoms with Gasteiger partial charge in [-0.2, -0.15) is 0 Å². The Hall–Kier alpha value is -0.940. The van der Waals surface area contributed by atoms with Gasteiger partial charge >= 0.3 is 0 Å². The van der Waals surface area contributed by atoms with Crippen molar-refractivity contribution in [2.45, 2.75) is 38.3 Å². The number of amides is 1. The first kappa shape index (κ1) is 14.5. The van der Waals surface area contributed by atoms with E-state index in [1.165, 1.54) is 12.1 Å². The third kappa shape index (κ3) is 2.98. The zero-order valence-electron chi connectivity index (χ0n) is 11.1. The van der Waals surface area contributed by atoms with E-state index < -0.39 is 5.82 Å². The van der Waals surface area contributed by atoms with E-state index in [0.29, 0.717) is 11.0 Å². The molecule has 1 fully saturated rings. The lowest BCUT2D eigenvalue weighted by Gasteiger charge is -2.44. The molecule has 19 heavy (non-hydrogen) atoms. The lowest BCUT2D eigenvalue weighted by atomic mass is 9.87. The lowest BCUT2D eigenvalue weighted by molar-refractivity contribution is 0.0390. The summed E-state index contributed by atoms with van der Waals surface area (Å²) in [5, 5.41) is 0. The number of likely N-dealkylation sites (tertiary alicyclic amines) is 1. The van der Waals surface area contributed by atoms with Gasteiger partial charge in [0.25, 0.3) is 5.91 Å². The Kier molecular flexibility index (Phi) is 3.97. The molecule has 0 saturated carbocycles. The Morgan fingerprint density at radius 2 is 2.21 bits per heavy atom. The highest BCUT2D eigenvalue weighted by Crippen LogP contribution is 2.29. The second-order valence-corrected chi connectivity index (χ2v) is 6.57. The number of halogens is 2. The molecule has 1 aliphatic heterocycles. The van der Waals surface area contributed by atoms with Crippen molar-refractivity contribution in [1.82, 2.24) is 4.90 Å². The van der Waals surface area contributed by atoms with Crippen molar-refractivity contribution in [2.24, 2.45) is 5.73 Å². The molecule has 1 atom stereocenters. The number of rotatable bonds is 1. The van der Waals surface area contributed by atoms with E-state index in [2.05, 4.69) is 15.9 Å². The smallest absolute Gasteiger partial charge is 0.257 e. The Labute approximate surface area is 121 Å². The first-order valence-electron chi connectivity index (χ1n) is 6.34. The maximum Gasteiger partial charge on any atom is 0.257 e. The molecule has 0 bridgehead atoms. The van der Waals surface area contributed by atoms with Crippen LogP contribution in [0.1, 0.15) is 37.0 Å². The van der Waals surface area contributed by atoms with E-state index in [1.807, 2.05) is 13.8 Å². The standard InChI is InChI=1S/C14H18BrFN2O/c1-14(2)6-5-10(17)8-18(14)13(19)11-7-9(15)3-4-12(11)16/h3-4,7,10H,5-6,8,17H2,1-2H3. The van der Waals surface area contributed by atoms with Gasteiger partial charge in [0, 0.05) is 22.6 Å². The van der Waals surface area contributed by atoms with E-state index in [9.17, 15) is 9.18 Å². The van der Waals surface area contributed by atoms with Crippen molar-refractivity contribution < 1.29 is 9.18 Å². The van der Waals surface area contributed by atoms with Crippen molar-refractivity contribution >= 4 is 21.8 Å². The number of piperidine rings is 1. The van der Waals surface area contributed by atoms with E-state index in [-0.39, 0.29) is 23.1 Å². The van der Waals surface area contributed by atoms with Crippen LogP contribution in [-0.4, -0.2) is 28.9 Å². The molecule has 104 valence electrons. The summed E-state index contributed by atoms with van der Waals surface area (Å²) in [5.41, 5.74) is 5.74. The molecule has 0 spiro atoms. The highest BCUT2D eigenvalue weighted by atomic mass is 79.9. The minimum Gasteiger partial charge on any atom is -0.332 e. The van der Waals surface area contributed by atoms with Gasteiger partial charge in [0.1, 0.15) is 5.82 Å². The monoisotopic (exact) mass is 328 g/mol. The second-order valence-electron chi connectivity index (χ2n) is 5.65. The van der Waals surface area contributed by atoms with E-state index in [4.69, 9.17) is 5.73 Å². The molecule has 1 heterocycles. The van der Waals surface area contributed by atoms with E-state index in [0.717, 1.165) is 12.8 Å². The van der Waals surface area contributed by atoms with Crippen molar-refractivity contribution in [2.75, 3.05) is 6.54 Å². The van der Waals surface area contributed by atoms with Crippen LogP contribution in [0, 0.1) is 5.82 Å². The summed E-state index contributed by atoms with van der Waals surface area (Å²) in [7, 11) is 0. The molecule has 0 aliphatic carbocycles. The highest BCUT2D eigenvalue weighted by Gasteiger charge is 2.37. The maximum atomic E-state index is 13.8. The van der Waals surface area contributed by atoms with Gasteiger partial charge in [-0.1, -0.05) is 15.9 Å². The Morgan fingerprint density at radius 3 is 2.89 bits per heavy atom. The highest BCUT2D eigenvalue weighted by molar-refractivity contribution is 9.10. The number of carbonyl (C=O) groups is 1. The molecule has 1 aliphatic rings. The molecule has 5 heteroatoms. The molecule has 1 unspecified atom stereocenters. The molecular formula is C14H18BrFN2O. The van der Waals surface area contributed by atoms with Crippen LogP contribution in [0.4, 0.5) is 4.39 Å². The normalized spacial score (nSPS) is 22.4. The SMILES string of the molecule is CC1(C)CCC(N)CN1C(=O)c1cc(Br)ccc1F. The minimum absolute atomic E-state index is 0.0350. The van der Waals surface area contributed by atoms with Crippen molar-refractivity contribution in [3.63, 3.8) is 0 Å². The van der Waals surface area contributed by atoms with Crippen LogP contribution in [0.25, 0.3) is 0 Å². The summed E-state index contributed by atoms with van der Waals surface area (Å²) in [5.74, 6) is -0.790. The predicted molar refractivity (Wildman–Crippen MR) is 76.4 cm³/mol. The average Bonchev–Trinajstić information content (AvgIpc) is 2.34. The molecule has 0 aromatic heterocycles. The molecule has 3 nitrogen and oxygen atoms in total. The van der Waals surface area contributed by atoms with Gasteiger partial charge in [-0.25, -0.2) is 4.39 Å². The van der Waals surface area contributed by atoms with Gasteiger partial charge in [-0.3, -0.25) is 4.79 Å². The third-order valence-electron chi connectivity index (χ3n) is 3.68. The Morgan fingerprint density at radius 1 is 1.53 bits per heavy atom. The zero-order chi connectivity index (χ0) is 14.2. The first-order valence-corrected chi connectivity index (χ1v) is 7.13. The van der Waals surface area contributed by atoms with Gasteiger partial charge < -0.3 is 10.6 Å². The summed E-state index contributed by atoms with van der Waals surface area (Å²) >= 11 is 3.27. The summed E-state index contributed by atoms with van der Waals surface area (Å²) in [6.07, 6.45) is 1.72. The van der Waals surface area contributed by atoms with Crippen LogP contribution in [0.3, 0.4) is 0 Å². The average molecular weight is 329 g/mol. The number of hydrogen-bond acceptors (Lipinski definition) is 2. The molecule has 2 N–H and O–H groups in total. The van der Waals surface area contributed by atoms with Crippen molar-refractivity contribution in [3.05, 3.63) is 34.1 Å². The van der Waals surface area contributed by atoms with Crippen LogP contribution in [0.15, 0.2) is 22.7 Å². The molecule has 0 radical (unpaired) electrons. The number of benzene rings is 1. The maximum absolute atomic E-state index is 13.8. The summed E-state index contributed by atoms with van der Waals surface area (Å²) < 4.78 is 14.5. The van der Waals surface area contributed by atoms with Crippen molar-refractivity contribution in [1.29, 1.82) is 0 Å². The second kappa shape index (κ2) is 5.21. The fourth-order valence-corrected chi connectivity index (χ4v) is 2.77. The summed E-state index contributed by atoms with van der Waals surface area (Å²) in [4.78, 5) is 14.2. The third-order valence-corrected chi connectivity index (χ3v) is 4.17. The fourth-order valence-electron chi connectivity index (χ4n) is 2.41. The fraction of sp³-hybridized carbons (Fsp3) is 0.500. The van der Waals surface area contributed by atoms with Gasteiger partial charge in [-0.05, 0) is 44.9 Å². The van der Waals surface area contributed by atoms with Crippen LogP contribution in [0.5, 0.6) is 0 Å². The number of nitrogens with zero attached hydrogens (tertiary/aromatic N) is 1. The quantitative estimate of drug-likeness (QED) is 0.861. The molecule has 1 aromatic rings. The van der Waals surface area contributed by atoms with Crippen LogP contribution in [0.2, 0.25) is 0 Å². The number of hydrogen-bond donors (Lipinski definition) is 1. The number of carbonyl (C=O) groups excluding carboxylic acids is 1. The van der Waals surface area contributed by atoms with Crippen LogP contribution < -0.4 is 5.73 Å². The Balaban J connectivity index is 2.34.